The number of benzene rings is 1. The topological polar surface area (TPSA) is 66.9 Å². The Bertz CT molecular complexity index is 678. The fourth-order valence-electron chi connectivity index (χ4n) is 3.31. The number of aryl methyl sites for hydroxylation is 1. The summed E-state index contributed by atoms with van der Waals surface area (Å²) < 4.78 is 5.30. The minimum absolute atomic E-state index is 0.0164. The zero-order valence-corrected chi connectivity index (χ0v) is 14.1. The number of ether oxygens (including phenoxy) is 1. The summed E-state index contributed by atoms with van der Waals surface area (Å²) in [5, 5.41) is 0. The van der Waals surface area contributed by atoms with E-state index in [1.165, 1.54) is 4.90 Å². The minimum Gasteiger partial charge on any atom is -0.381 e. The number of imide groups is 1. The van der Waals surface area contributed by atoms with Crippen LogP contribution in [0.4, 0.5) is 0 Å². The van der Waals surface area contributed by atoms with E-state index >= 15 is 0 Å². The number of fused-ring (bicyclic) bond motifs is 1. The summed E-state index contributed by atoms with van der Waals surface area (Å²) in [4.78, 5) is 40.0. The molecule has 0 bridgehead atoms. The van der Waals surface area contributed by atoms with Crippen LogP contribution >= 0.6 is 0 Å². The summed E-state index contributed by atoms with van der Waals surface area (Å²) in [5.41, 5.74) is 1.81. The molecule has 0 aliphatic carbocycles. The van der Waals surface area contributed by atoms with E-state index in [0.717, 1.165) is 18.4 Å². The van der Waals surface area contributed by atoms with Crippen molar-refractivity contribution < 1.29 is 19.1 Å². The molecule has 6 heteroatoms. The highest BCUT2D eigenvalue weighted by Gasteiger charge is 2.35. The second kappa shape index (κ2) is 6.73. The van der Waals surface area contributed by atoms with Crippen molar-refractivity contribution in [2.24, 2.45) is 0 Å². The fourth-order valence-corrected chi connectivity index (χ4v) is 3.31. The molecule has 0 radical (unpaired) electrons. The van der Waals surface area contributed by atoms with Crippen molar-refractivity contribution in [3.05, 3.63) is 34.9 Å². The molecule has 0 atom stereocenters. The van der Waals surface area contributed by atoms with Crippen LogP contribution in [0.2, 0.25) is 0 Å². The molecule has 0 aromatic heterocycles. The largest absolute Gasteiger partial charge is 0.381 e. The van der Waals surface area contributed by atoms with Gasteiger partial charge in [-0.3, -0.25) is 19.3 Å². The third-order valence-electron chi connectivity index (χ3n) is 4.80. The van der Waals surface area contributed by atoms with Gasteiger partial charge in [-0.05, 0) is 31.9 Å². The normalized spacial score (nSPS) is 18.2. The molecule has 3 rings (SSSR count). The molecule has 2 heterocycles. The van der Waals surface area contributed by atoms with Gasteiger partial charge in [-0.15, -0.1) is 0 Å². The molecule has 3 amide bonds. The third-order valence-corrected chi connectivity index (χ3v) is 4.80. The molecule has 1 saturated heterocycles. The van der Waals surface area contributed by atoms with Crippen molar-refractivity contribution >= 4 is 17.7 Å². The van der Waals surface area contributed by atoms with Crippen LogP contribution in [0.1, 0.15) is 45.5 Å². The lowest BCUT2D eigenvalue weighted by atomic mass is 10.1. The molecule has 1 fully saturated rings. The Morgan fingerprint density at radius 1 is 1.17 bits per heavy atom. The molecular weight excluding hydrogens is 308 g/mol. The summed E-state index contributed by atoms with van der Waals surface area (Å²) >= 11 is 0. The maximum absolute atomic E-state index is 12.4. The van der Waals surface area contributed by atoms with Gasteiger partial charge in [0, 0.05) is 33.2 Å². The molecule has 1 aromatic rings. The highest BCUT2D eigenvalue weighted by atomic mass is 16.5. The molecule has 1 aromatic carbocycles. The lowest BCUT2D eigenvalue weighted by Gasteiger charge is -2.31. The average molecular weight is 330 g/mol. The number of hydrogen-bond acceptors (Lipinski definition) is 4. The van der Waals surface area contributed by atoms with Gasteiger partial charge in [-0.25, -0.2) is 0 Å². The minimum atomic E-state index is -0.305. The van der Waals surface area contributed by atoms with E-state index in [0.29, 0.717) is 24.2 Å². The number of methoxy groups -OCH3 is 1. The van der Waals surface area contributed by atoms with Crippen LogP contribution < -0.4 is 0 Å². The molecule has 6 nitrogen and oxygen atoms in total. The van der Waals surface area contributed by atoms with Gasteiger partial charge in [0.1, 0.15) is 0 Å². The van der Waals surface area contributed by atoms with Crippen molar-refractivity contribution in [1.82, 2.24) is 9.80 Å². The lowest BCUT2D eigenvalue weighted by molar-refractivity contribution is -0.133. The Kier molecular flexibility index (Phi) is 4.66. The van der Waals surface area contributed by atoms with Crippen molar-refractivity contribution in [3.63, 3.8) is 0 Å². The number of piperidine rings is 1. The van der Waals surface area contributed by atoms with Gasteiger partial charge in [0.25, 0.3) is 11.8 Å². The summed E-state index contributed by atoms with van der Waals surface area (Å²) in [6, 6.07) is 5.23. The first-order valence-corrected chi connectivity index (χ1v) is 8.28. The molecule has 0 spiro atoms. The van der Waals surface area contributed by atoms with Gasteiger partial charge in [-0.2, -0.15) is 0 Å². The number of carbonyl (C=O) groups excluding carboxylic acids is 3. The Hall–Kier alpha value is -2.21. The van der Waals surface area contributed by atoms with Crippen molar-refractivity contribution in [1.29, 1.82) is 0 Å². The van der Waals surface area contributed by atoms with Gasteiger partial charge in [-0.1, -0.05) is 11.6 Å². The first-order valence-electron chi connectivity index (χ1n) is 8.28. The number of amides is 3. The van der Waals surface area contributed by atoms with Crippen LogP contribution in [0.15, 0.2) is 18.2 Å². The number of carbonyl (C=O) groups is 3. The highest BCUT2D eigenvalue weighted by Crippen LogP contribution is 2.24. The first-order chi connectivity index (χ1) is 11.5. The second-order valence-electron chi connectivity index (χ2n) is 6.38. The Morgan fingerprint density at radius 2 is 1.83 bits per heavy atom. The monoisotopic (exact) mass is 330 g/mol. The van der Waals surface area contributed by atoms with E-state index in [9.17, 15) is 14.4 Å². The quantitative estimate of drug-likeness (QED) is 0.787. The molecular formula is C18H22N2O4. The molecule has 0 unspecified atom stereocenters. The molecule has 2 aliphatic rings. The molecule has 2 aliphatic heterocycles. The fraction of sp³-hybridized carbons (Fsp3) is 0.500. The second-order valence-corrected chi connectivity index (χ2v) is 6.38. The predicted octanol–water partition coefficient (Wildman–Crippen LogP) is 1.62. The van der Waals surface area contributed by atoms with E-state index in [4.69, 9.17) is 4.74 Å². The standard InChI is InChI=1S/C18H22N2O4/c1-12-3-4-14-15(11-12)18(23)20(17(14)22)10-7-16(21)19-8-5-13(24-2)6-9-19/h3-4,11,13H,5-10H2,1-2H3. The highest BCUT2D eigenvalue weighted by molar-refractivity contribution is 6.21. The number of hydrogen-bond donors (Lipinski definition) is 0. The summed E-state index contributed by atoms with van der Waals surface area (Å²) in [6.45, 7) is 3.35. The van der Waals surface area contributed by atoms with E-state index < -0.39 is 0 Å². The van der Waals surface area contributed by atoms with Crippen LogP contribution in [0.5, 0.6) is 0 Å². The van der Waals surface area contributed by atoms with Gasteiger partial charge in [0.05, 0.1) is 17.2 Å². The maximum Gasteiger partial charge on any atom is 0.261 e. The number of nitrogens with zero attached hydrogens (tertiary/aromatic N) is 2. The van der Waals surface area contributed by atoms with Crippen LogP contribution in [-0.4, -0.2) is 60.4 Å². The van der Waals surface area contributed by atoms with Crippen LogP contribution in [0, 0.1) is 6.92 Å². The summed E-state index contributed by atoms with van der Waals surface area (Å²) in [6.07, 6.45) is 2.04. The Morgan fingerprint density at radius 3 is 2.50 bits per heavy atom. The van der Waals surface area contributed by atoms with Crippen molar-refractivity contribution in [2.75, 3.05) is 26.7 Å². The Balaban J connectivity index is 1.59. The third kappa shape index (κ3) is 3.06. The summed E-state index contributed by atoms with van der Waals surface area (Å²) in [7, 11) is 1.69. The zero-order chi connectivity index (χ0) is 17.3. The van der Waals surface area contributed by atoms with Gasteiger partial charge < -0.3 is 9.64 Å². The Labute approximate surface area is 141 Å². The van der Waals surface area contributed by atoms with Gasteiger partial charge >= 0.3 is 0 Å². The lowest BCUT2D eigenvalue weighted by Crippen LogP contribution is -2.42. The van der Waals surface area contributed by atoms with E-state index in [1.807, 2.05) is 13.0 Å². The van der Waals surface area contributed by atoms with E-state index in [2.05, 4.69) is 0 Å². The van der Waals surface area contributed by atoms with Crippen LogP contribution in [0.3, 0.4) is 0 Å². The smallest absolute Gasteiger partial charge is 0.261 e. The summed E-state index contributed by atoms with van der Waals surface area (Å²) in [5.74, 6) is -0.622. The maximum atomic E-state index is 12.4. The molecule has 128 valence electrons. The first kappa shape index (κ1) is 16.6. The number of rotatable bonds is 4. The SMILES string of the molecule is COC1CCN(C(=O)CCN2C(=O)c3ccc(C)cc3C2=O)CC1. The average Bonchev–Trinajstić information content (AvgIpc) is 2.83. The van der Waals surface area contributed by atoms with Crippen LogP contribution in [0.25, 0.3) is 0 Å². The van der Waals surface area contributed by atoms with Crippen molar-refractivity contribution in [2.45, 2.75) is 32.3 Å². The molecule has 0 saturated carbocycles. The number of likely N-dealkylation sites (tertiary alicyclic amines) is 1. The van der Waals surface area contributed by atoms with Gasteiger partial charge in [0.15, 0.2) is 0 Å². The van der Waals surface area contributed by atoms with E-state index in [-0.39, 0.29) is 36.8 Å². The van der Waals surface area contributed by atoms with Gasteiger partial charge in [0.2, 0.25) is 5.91 Å². The zero-order valence-electron chi connectivity index (χ0n) is 14.1. The predicted molar refractivity (Wildman–Crippen MR) is 87.8 cm³/mol. The molecule has 0 N–H and O–H groups in total. The molecule has 24 heavy (non-hydrogen) atoms. The van der Waals surface area contributed by atoms with Crippen molar-refractivity contribution in [3.8, 4) is 0 Å². The van der Waals surface area contributed by atoms with Crippen LogP contribution in [-0.2, 0) is 9.53 Å². The van der Waals surface area contributed by atoms with E-state index in [1.54, 1.807) is 24.1 Å².